The summed E-state index contributed by atoms with van der Waals surface area (Å²) in [7, 11) is 0. The molecule has 1 saturated heterocycles. The summed E-state index contributed by atoms with van der Waals surface area (Å²) in [6.07, 6.45) is 2.40. The molecule has 0 aromatic carbocycles. The van der Waals surface area contributed by atoms with Gasteiger partial charge in [0, 0.05) is 5.92 Å². The van der Waals surface area contributed by atoms with Crippen LogP contribution >= 0.6 is 15.9 Å². The van der Waals surface area contributed by atoms with Gasteiger partial charge in [-0.2, -0.15) is 0 Å². The van der Waals surface area contributed by atoms with Crippen molar-refractivity contribution in [3.8, 4) is 0 Å². The Morgan fingerprint density at radius 1 is 1.67 bits per heavy atom. The standard InChI is InChI=1S/C9H11BrO2/c1-9-3-4-2-5(9)7(6(4)10)12-8(9)11/h4-7H,2-3H2,1H3/t4-,5-,6-,7-,9-/m0/s1. The fourth-order valence-electron chi connectivity index (χ4n) is 3.24. The van der Waals surface area contributed by atoms with E-state index in [2.05, 4.69) is 22.9 Å². The summed E-state index contributed by atoms with van der Waals surface area (Å²) in [6.45, 7) is 2.07. The molecule has 3 fully saturated rings. The molecule has 12 heavy (non-hydrogen) atoms. The van der Waals surface area contributed by atoms with Gasteiger partial charge in [-0.05, 0) is 25.7 Å². The highest BCUT2D eigenvalue weighted by molar-refractivity contribution is 9.09. The van der Waals surface area contributed by atoms with Crippen LogP contribution in [0.3, 0.4) is 0 Å². The van der Waals surface area contributed by atoms with Gasteiger partial charge in [0.2, 0.25) is 0 Å². The van der Waals surface area contributed by atoms with Crippen LogP contribution < -0.4 is 0 Å². The molecule has 0 radical (unpaired) electrons. The SMILES string of the molecule is C[C@]12C[C@@H]3C[C@H]1[C@H](OC2=O)[C@H]3Br. The monoisotopic (exact) mass is 230 g/mol. The molecule has 0 spiro atoms. The fraction of sp³-hybridized carbons (Fsp3) is 0.889. The first kappa shape index (κ1) is 7.36. The summed E-state index contributed by atoms with van der Waals surface area (Å²) < 4.78 is 5.37. The van der Waals surface area contributed by atoms with Gasteiger partial charge in [0.15, 0.2) is 0 Å². The Bertz CT molecular complexity index is 265. The second kappa shape index (κ2) is 1.89. The maximum absolute atomic E-state index is 11.5. The number of fused-ring (bicyclic) bond motifs is 1. The van der Waals surface area contributed by atoms with Crippen LogP contribution in [0.25, 0.3) is 0 Å². The second-order valence-electron chi connectivity index (χ2n) is 4.54. The Labute approximate surface area is 79.8 Å². The van der Waals surface area contributed by atoms with Crippen molar-refractivity contribution in [3.05, 3.63) is 0 Å². The van der Waals surface area contributed by atoms with Crippen molar-refractivity contribution < 1.29 is 9.53 Å². The topological polar surface area (TPSA) is 26.3 Å². The van der Waals surface area contributed by atoms with Gasteiger partial charge in [-0.3, -0.25) is 4.79 Å². The molecule has 2 aliphatic carbocycles. The molecule has 3 heteroatoms. The first-order valence-corrected chi connectivity index (χ1v) is 5.39. The van der Waals surface area contributed by atoms with Crippen LogP contribution in [-0.4, -0.2) is 16.9 Å². The van der Waals surface area contributed by atoms with Gasteiger partial charge < -0.3 is 4.74 Å². The molecule has 66 valence electrons. The molecule has 2 nitrogen and oxygen atoms in total. The summed E-state index contributed by atoms with van der Waals surface area (Å²) in [5.74, 6) is 1.22. The molecular weight excluding hydrogens is 220 g/mol. The molecule has 0 unspecified atom stereocenters. The molecule has 3 rings (SSSR count). The molecule has 3 aliphatic rings. The Morgan fingerprint density at radius 2 is 2.42 bits per heavy atom. The average molecular weight is 231 g/mol. The van der Waals surface area contributed by atoms with Crippen LogP contribution in [0.2, 0.25) is 0 Å². The first-order chi connectivity index (χ1) is 5.63. The van der Waals surface area contributed by atoms with E-state index in [9.17, 15) is 4.79 Å². The lowest BCUT2D eigenvalue weighted by molar-refractivity contribution is -0.147. The zero-order valence-corrected chi connectivity index (χ0v) is 8.50. The number of hydrogen-bond donors (Lipinski definition) is 0. The molecular formula is C9H11BrO2. The van der Waals surface area contributed by atoms with E-state index in [4.69, 9.17) is 4.74 Å². The summed E-state index contributed by atoms with van der Waals surface area (Å²) in [4.78, 5) is 11.9. The molecule has 0 aromatic heterocycles. The predicted molar refractivity (Wildman–Crippen MR) is 46.9 cm³/mol. The van der Waals surface area contributed by atoms with Crippen LogP contribution in [0.15, 0.2) is 0 Å². The van der Waals surface area contributed by atoms with Gasteiger partial charge in [0.1, 0.15) is 6.10 Å². The van der Waals surface area contributed by atoms with Gasteiger partial charge in [-0.1, -0.05) is 15.9 Å². The highest BCUT2D eigenvalue weighted by atomic mass is 79.9. The van der Waals surface area contributed by atoms with Crippen molar-refractivity contribution in [2.75, 3.05) is 0 Å². The summed E-state index contributed by atoms with van der Waals surface area (Å²) in [5.41, 5.74) is -0.125. The lowest BCUT2D eigenvalue weighted by atomic mass is 9.76. The molecule has 1 aliphatic heterocycles. The lowest BCUT2D eigenvalue weighted by Gasteiger charge is -2.25. The fourth-order valence-corrected chi connectivity index (χ4v) is 4.11. The van der Waals surface area contributed by atoms with Crippen LogP contribution in [0, 0.1) is 17.3 Å². The first-order valence-electron chi connectivity index (χ1n) is 4.48. The zero-order valence-electron chi connectivity index (χ0n) is 6.92. The van der Waals surface area contributed by atoms with Crippen molar-refractivity contribution in [1.29, 1.82) is 0 Å². The number of alkyl halides is 1. The van der Waals surface area contributed by atoms with E-state index in [0.717, 1.165) is 6.42 Å². The van der Waals surface area contributed by atoms with E-state index in [1.54, 1.807) is 0 Å². The van der Waals surface area contributed by atoms with E-state index < -0.39 is 0 Å². The highest BCUT2D eigenvalue weighted by Crippen LogP contribution is 2.63. The smallest absolute Gasteiger partial charge is 0.312 e. The quantitative estimate of drug-likeness (QED) is 0.468. The Balaban J connectivity index is 2.09. The minimum Gasteiger partial charge on any atom is -0.460 e. The molecule has 2 saturated carbocycles. The number of halogens is 1. The van der Waals surface area contributed by atoms with Crippen molar-refractivity contribution in [1.82, 2.24) is 0 Å². The van der Waals surface area contributed by atoms with E-state index in [0.29, 0.717) is 16.7 Å². The van der Waals surface area contributed by atoms with Crippen LogP contribution in [0.5, 0.6) is 0 Å². The van der Waals surface area contributed by atoms with E-state index >= 15 is 0 Å². The van der Waals surface area contributed by atoms with Crippen LogP contribution in [-0.2, 0) is 9.53 Å². The molecule has 0 N–H and O–H groups in total. The van der Waals surface area contributed by atoms with Crippen LogP contribution in [0.4, 0.5) is 0 Å². The molecule has 0 amide bonds. The normalized spacial score (nSPS) is 61.0. The van der Waals surface area contributed by atoms with E-state index in [1.165, 1.54) is 6.42 Å². The Hall–Kier alpha value is -0.0500. The number of carbonyl (C=O) groups is 1. The Kier molecular flexibility index (Phi) is 1.16. The van der Waals surface area contributed by atoms with Gasteiger partial charge >= 0.3 is 5.97 Å². The third kappa shape index (κ3) is 0.584. The molecule has 0 aromatic rings. The van der Waals surface area contributed by atoms with E-state index in [1.807, 2.05) is 0 Å². The minimum absolute atomic E-state index is 0.0435. The average Bonchev–Trinajstić information content (AvgIpc) is 2.53. The zero-order chi connectivity index (χ0) is 8.51. The van der Waals surface area contributed by atoms with E-state index in [-0.39, 0.29) is 17.5 Å². The second-order valence-corrected chi connectivity index (χ2v) is 5.60. The molecule has 2 bridgehead atoms. The maximum Gasteiger partial charge on any atom is 0.312 e. The molecule has 5 atom stereocenters. The summed E-state index contributed by atoms with van der Waals surface area (Å²) in [5, 5.41) is 0. The lowest BCUT2D eigenvalue weighted by Crippen LogP contribution is -2.33. The van der Waals surface area contributed by atoms with Gasteiger partial charge in [0.05, 0.1) is 10.2 Å². The highest BCUT2D eigenvalue weighted by Gasteiger charge is 2.67. The maximum atomic E-state index is 11.5. The Morgan fingerprint density at radius 3 is 3.00 bits per heavy atom. The van der Waals surface area contributed by atoms with Gasteiger partial charge in [-0.25, -0.2) is 0 Å². The number of hydrogen-bond acceptors (Lipinski definition) is 2. The number of carbonyl (C=O) groups excluding carboxylic acids is 1. The largest absolute Gasteiger partial charge is 0.460 e. The minimum atomic E-state index is -0.125. The summed E-state index contributed by atoms with van der Waals surface area (Å²) in [6, 6.07) is 0. The third-order valence-corrected chi connectivity index (χ3v) is 5.20. The molecule has 1 heterocycles. The van der Waals surface area contributed by atoms with Gasteiger partial charge in [0.25, 0.3) is 0 Å². The third-order valence-electron chi connectivity index (χ3n) is 3.93. The van der Waals surface area contributed by atoms with Gasteiger partial charge in [-0.15, -0.1) is 0 Å². The number of rotatable bonds is 0. The predicted octanol–water partition coefficient (Wildman–Crippen LogP) is 1.72. The van der Waals surface area contributed by atoms with Crippen molar-refractivity contribution >= 4 is 21.9 Å². The number of ether oxygens (including phenoxy) is 1. The summed E-state index contributed by atoms with van der Waals surface area (Å²) >= 11 is 3.62. The number of esters is 1. The van der Waals surface area contributed by atoms with Crippen molar-refractivity contribution in [2.45, 2.75) is 30.7 Å². The van der Waals surface area contributed by atoms with Crippen molar-refractivity contribution in [3.63, 3.8) is 0 Å². The van der Waals surface area contributed by atoms with Crippen molar-refractivity contribution in [2.24, 2.45) is 17.3 Å². The van der Waals surface area contributed by atoms with Crippen LogP contribution in [0.1, 0.15) is 19.8 Å².